The third-order valence-electron chi connectivity index (χ3n) is 1.31. The second-order valence-electron chi connectivity index (χ2n) is 2.33. The molecule has 0 fully saturated rings. The van der Waals surface area contributed by atoms with Crippen molar-refractivity contribution in [1.29, 1.82) is 0 Å². The van der Waals surface area contributed by atoms with E-state index in [0.29, 0.717) is 13.0 Å². The molecule has 0 saturated carbocycles. The van der Waals surface area contributed by atoms with Gasteiger partial charge in [0.15, 0.2) is 0 Å². The van der Waals surface area contributed by atoms with Gasteiger partial charge in [-0.05, 0) is 13.0 Å². The van der Waals surface area contributed by atoms with E-state index in [1.807, 2.05) is 0 Å². The third kappa shape index (κ3) is 5.26. The van der Waals surface area contributed by atoms with E-state index in [-0.39, 0.29) is 5.25 Å². The Hall–Kier alpha value is -0.0300. The molecule has 0 aromatic rings. The van der Waals surface area contributed by atoms with Gasteiger partial charge in [0.25, 0.3) is 0 Å². The van der Waals surface area contributed by atoms with E-state index in [9.17, 15) is 13.0 Å². The van der Waals surface area contributed by atoms with Crippen molar-refractivity contribution >= 4 is 10.8 Å². The topological polar surface area (TPSA) is 43.1 Å². The fraction of sp³-hybridized carbons (Fsp3) is 1.00. The minimum Gasteiger partial charge on any atom is -0.330 e. The molecular weight excluding hydrogens is 172 g/mol. The van der Waals surface area contributed by atoms with Crippen molar-refractivity contribution in [3.8, 4) is 0 Å². The first-order chi connectivity index (χ1) is 5.07. The molecule has 68 valence electrons. The Balaban J connectivity index is 3.64. The highest BCUT2D eigenvalue weighted by Gasteiger charge is 2.14. The summed E-state index contributed by atoms with van der Waals surface area (Å²) in [6.07, 6.45) is -1.93. The van der Waals surface area contributed by atoms with Gasteiger partial charge in [-0.1, -0.05) is 6.92 Å². The molecule has 2 unspecified atom stereocenters. The normalized spacial score (nSPS) is 16.8. The molecule has 5 heteroatoms. The van der Waals surface area contributed by atoms with Gasteiger partial charge in [0, 0.05) is 16.0 Å². The van der Waals surface area contributed by atoms with Crippen LogP contribution < -0.4 is 5.73 Å². The summed E-state index contributed by atoms with van der Waals surface area (Å²) in [6, 6.07) is 0. The van der Waals surface area contributed by atoms with Gasteiger partial charge in [0.2, 0.25) is 6.43 Å². The lowest BCUT2D eigenvalue weighted by molar-refractivity contribution is 0.175. The average Bonchev–Trinajstić information content (AvgIpc) is 1.86. The number of nitrogens with two attached hydrogens (primary N) is 1. The summed E-state index contributed by atoms with van der Waals surface area (Å²) in [4.78, 5) is 0. The molecule has 0 aliphatic rings. The van der Waals surface area contributed by atoms with Gasteiger partial charge in [-0.3, -0.25) is 4.21 Å². The Bertz CT molecular complexity index is 132. The predicted octanol–water partition coefficient (Wildman–Crippen LogP) is 0.738. The van der Waals surface area contributed by atoms with Crippen molar-refractivity contribution in [2.45, 2.75) is 25.0 Å². The zero-order valence-electron chi connectivity index (χ0n) is 6.43. The highest BCUT2D eigenvalue weighted by atomic mass is 32.2. The van der Waals surface area contributed by atoms with Crippen molar-refractivity contribution in [3.63, 3.8) is 0 Å². The number of rotatable bonds is 5. The maximum atomic E-state index is 11.7. The summed E-state index contributed by atoms with van der Waals surface area (Å²) in [5, 5.41) is -0.214. The average molecular weight is 185 g/mol. The van der Waals surface area contributed by atoms with E-state index in [1.165, 1.54) is 0 Å². The van der Waals surface area contributed by atoms with Crippen molar-refractivity contribution in [2.24, 2.45) is 5.73 Å². The number of alkyl halides is 2. The Morgan fingerprint density at radius 1 is 1.55 bits per heavy atom. The quantitative estimate of drug-likeness (QED) is 0.686. The Morgan fingerprint density at radius 2 is 2.09 bits per heavy atom. The minimum atomic E-state index is -2.48. The second kappa shape index (κ2) is 5.60. The Kier molecular flexibility index (Phi) is 5.58. The molecule has 0 aliphatic heterocycles. The zero-order valence-corrected chi connectivity index (χ0v) is 7.24. The van der Waals surface area contributed by atoms with Crippen LogP contribution in [0.4, 0.5) is 8.78 Å². The van der Waals surface area contributed by atoms with Crippen LogP contribution >= 0.6 is 0 Å². The lowest BCUT2D eigenvalue weighted by Gasteiger charge is -2.08. The minimum absolute atomic E-state index is 0.214. The van der Waals surface area contributed by atoms with E-state index in [0.717, 1.165) is 0 Å². The van der Waals surface area contributed by atoms with Crippen molar-refractivity contribution in [3.05, 3.63) is 0 Å². The van der Waals surface area contributed by atoms with Crippen LogP contribution in [-0.4, -0.2) is 28.2 Å². The summed E-state index contributed by atoms with van der Waals surface area (Å²) in [5.41, 5.74) is 5.18. The Morgan fingerprint density at radius 3 is 2.45 bits per heavy atom. The maximum absolute atomic E-state index is 11.7. The lowest BCUT2D eigenvalue weighted by atomic mass is 10.3. The van der Waals surface area contributed by atoms with Crippen LogP contribution in [0.25, 0.3) is 0 Å². The van der Waals surface area contributed by atoms with Crippen LogP contribution in [-0.2, 0) is 10.8 Å². The summed E-state index contributed by atoms with van der Waals surface area (Å²) in [5.74, 6) is -0.527. The van der Waals surface area contributed by atoms with Crippen LogP contribution in [0, 0.1) is 0 Å². The van der Waals surface area contributed by atoms with E-state index < -0.39 is 23.0 Å². The van der Waals surface area contributed by atoms with Gasteiger partial charge in [-0.2, -0.15) is 0 Å². The summed E-state index contributed by atoms with van der Waals surface area (Å²) < 4.78 is 34.2. The first-order valence-corrected chi connectivity index (χ1v) is 4.81. The number of hydrogen-bond donors (Lipinski definition) is 1. The summed E-state index contributed by atoms with van der Waals surface area (Å²) >= 11 is 0. The fourth-order valence-electron chi connectivity index (χ4n) is 0.655. The van der Waals surface area contributed by atoms with Crippen LogP contribution in [0.5, 0.6) is 0 Å². The van der Waals surface area contributed by atoms with Gasteiger partial charge in [0.1, 0.15) is 0 Å². The Labute approximate surface area is 67.6 Å². The molecule has 2 N–H and O–H groups in total. The third-order valence-corrected chi connectivity index (χ3v) is 3.03. The second-order valence-corrected chi connectivity index (χ2v) is 4.23. The molecule has 0 bridgehead atoms. The van der Waals surface area contributed by atoms with Crippen LogP contribution in [0.2, 0.25) is 0 Å². The highest BCUT2D eigenvalue weighted by Crippen LogP contribution is 2.04. The molecule has 0 aromatic heterocycles. The van der Waals surface area contributed by atoms with Crippen LogP contribution in [0.1, 0.15) is 13.3 Å². The van der Waals surface area contributed by atoms with Crippen molar-refractivity contribution < 1.29 is 13.0 Å². The van der Waals surface area contributed by atoms with Gasteiger partial charge in [0.05, 0.1) is 5.75 Å². The predicted molar refractivity (Wildman–Crippen MR) is 42.1 cm³/mol. The van der Waals surface area contributed by atoms with Gasteiger partial charge in [-0.15, -0.1) is 0 Å². The molecule has 0 saturated heterocycles. The number of halogens is 2. The smallest absolute Gasteiger partial charge is 0.250 e. The highest BCUT2D eigenvalue weighted by molar-refractivity contribution is 7.85. The van der Waals surface area contributed by atoms with Gasteiger partial charge in [-0.25, -0.2) is 8.78 Å². The molecule has 0 heterocycles. The van der Waals surface area contributed by atoms with Crippen molar-refractivity contribution in [1.82, 2.24) is 0 Å². The van der Waals surface area contributed by atoms with Gasteiger partial charge >= 0.3 is 0 Å². The lowest BCUT2D eigenvalue weighted by Crippen LogP contribution is -2.21. The van der Waals surface area contributed by atoms with Crippen molar-refractivity contribution in [2.75, 3.05) is 12.3 Å². The molecule has 11 heavy (non-hydrogen) atoms. The zero-order chi connectivity index (χ0) is 8.85. The first-order valence-electron chi connectivity index (χ1n) is 3.43. The molecule has 0 radical (unpaired) electrons. The molecule has 0 amide bonds. The van der Waals surface area contributed by atoms with E-state index >= 15 is 0 Å². The maximum Gasteiger partial charge on any atom is 0.250 e. The summed E-state index contributed by atoms with van der Waals surface area (Å²) in [7, 11) is -1.42. The molecule has 0 aromatic carbocycles. The largest absolute Gasteiger partial charge is 0.330 e. The molecular formula is C6H13F2NOS. The van der Waals surface area contributed by atoms with Gasteiger partial charge < -0.3 is 5.73 Å². The van der Waals surface area contributed by atoms with E-state index in [1.54, 1.807) is 6.92 Å². The van der Waals surface area contributed by atoms with E-state index in [4.69, 9.17) is 5.73 Å². The van der Waals surface area contributed by atoms with E-state index in [2.05, 4.69) is 0 Å². The molecule has 0 rings (SSSR count). The SMILES string of the molecule is CC(CCN)S(=O)CC(F)F. The monoisotopic (exact) mass is 185 g/mol. The standard InChI is InChI=1S/C6H13F2NOS/c1-5(2-3-9)11(10)4-6(7)8/h5-6H,2-4,9H2,1H3. The van der Waals surface area contributed by atoms with Crippen LogP contribution in [0.15, 0.2) is 0 Å². The fourth-order valence-corrected chi connectivity index (χ4v) is 1.63. The summed E-state index contributed by atoms with van der Waals surface area (Å²) in [6.45, 7) is 2.07. The number of hydrogen-bond acceptors (Lipinski definition) is 2. The molecule has 2 atom stereocenters. The molecule has 2 nitrogen and oxygen atoms in total. The molecule has 0 spiro atoms. The first kappa shape index (κ1) is 11.0. The van der Waals surface area contributed by atoms with Crippen LogP contribution in [0.3, 0.4) is 0 Å². The molecule has 0 aliphatic carbocycles.